The van der Waals surface area contributed by atoms with E-state index in [0.717, 1.165) is 16.6 Å². The second-order valence-corrected chi connectivity index (χ2v) is 7.77. The van der Waals surface area contributed by atoms with Crippen molar-refractivity contribution < 1.29 is 19.1 Å². The molecule has 2 aromatic carbocycles. The van der Waals surface area contributed by atoms with Gasteiger partial charge in [0.2, 0.25) is 11.9 Å². The van der Waals surface area contributed by atoms with E-state index in [-0.39, 0.29) is 12.5 Å². The predicted molar refractivity (Wildman–Crippen MR) is 118 cm³/mol. The molecule has 1 aliphatic heterocycles. The van der Waals surface area contributed by atoms with Crippen LogP contribution in [-0.2, 0) is 19.1 Å². The van der Waals surface area contributed by atoms with Crippen LogP contribution in [0.4, 0.5) is 5.95 Å². The number of carbonyl (C=O) groups is 2. The summed E-state index contributed by atoms with van der Waals surface area (Å²) in [6, 6.07) is 14.3. The van der Waals surface area contributed by atoms with Gasteiger partial charge in [-0.25, -0.2) is 4.98 Å². The molecule has 0 saturated heterocycles. The van der Waals surface area contributed by atoms with E-state index in [1.165, 1.54) is 0 Å². The first-order valence-electron chi connectivity index (χ1n) is 10.3. The van der Waals surface area contributed by atoms with Crippen LogP contribution in [0, 0.1) is 5.92 Å². The van der Waals surface area contributed by atoms with E-state index in [4.69, 9.17) is 26.1 Å². The van der Waals surface area contributed by atoms with Gasteiger partial charge in [0.25, 0.3) is 0 Å². The number of methoxy groups -OCH3 is 1. The van der Waals surface area contributed by atoms with Gasteiger partial charge in [-0.2, -0.15) is 0 Å². The molecule has 0 unspecified atom stereocenters. The Morgan fingerprint density at radius 3 is 2.74 bits per heavy atom. The first-order valence-corrected chi connectivity index (χ1v) is 10.6. The number of rotatable bonds is 7. The summed E-state index contributed by atoms with van der Waals surface area (Å²) in [6.45, 7) is 2.79. The van der Waals surface area contributed by atoms with E-state index in [2.05, 4.69) is 0 Å². The smallest absolute Gasteiger partial charge is 0.321 e. The van der Waals surface area contributed by atoms with Gasteiger partial charge in [0.15, 0.2) is 5.92 Å². The number of aromatic nitrogens is 2. The van der Waals surface area contributed by atoms with Crippen LogP contribution < -0.4 is 4.90 Å². The number of nitrogens with zero attached hydrogens (tertiary/aromatic N) is 3. The SMILES string of the molecule is CCOC(=O)[C@@H]1C(=O)N(CCCOC)c2nc3ccccc3n2[C@H]1c1cccc(Cl)c1. The molecule has 1 aromatic heterocycles. The Morgan fingerprint density at radius 1 is 1.19 bits per heavy atom. The fourth-order valence-electron chi connectivity index (χ4n) is 4.12. The van der Waals surface area contributed by atoms with E-state index in [0.29, 0.717) is 30.5 Å². The highest BCUT2D eigenvalue weighted by Crippen LogP contribution is 2.41. The molecule has 8 heteroatoms. The molecule has 2 atom stereocenters. The van der Waals surface area contributed by atoms with Crippen LogP contribution in [-0.4, -0.2) is 48.3 Å². The molecule has 0 aliphatic carbocycles. The first kappa shape index (κ1) is 21.3. The topological polar surface area (TPSA) is 73.7 Å². The largest absolute Gasteiger partial charge is 0.465 e. The molecule has 0 N–H and O–H groups in total. The van der Waals surface area contributed by atoms with Crippen LogP contribution in [0.2, 0.25) is 5.02 Å². The molecule has 1 aliphatic rings. The number of carbonyl (C=O) groups excluding carboxylic acids is 2. The van der Waals surface area contributed by atoms with Crippen molar-refractivity contribution in [1.29, 1.82) is 0 Å². The van der Waals surface area contributed by atoms with Crippen molar-refractivity contribution in [2.45, 2.75) is 19.4 Å². The molecule has 31 heavy (non-hydrogen) atoms. The molecule has 0 spiro atoms. The van der Waals surface area contributed by atoms with Gasteiger partial charge in [-0.15, -0.1) is 0 Å². The van der Waals surface area contributed by atoms with E-state index < -0.39 is 17.9 Å². The quantitative estimate of drug-likeness (QED) is 0.316. The molecule has 7 nitrogen and oxygen atoms in total. The monoisotopic (exact) mass is 441 g/mol. The summed E-state index contributed by atoms with van der Waals surface area (Å²) in [5, 5.41) is 0.529. The number of esters is 1. The Labute approximate surface area is 185 Å². The van der Waals surface area contributed by atoms with Gasteiger partial charge in [0.1, 0.15) is 0 Å². The molecule has 0 bridgehead atoms. The standard InChI is InChI=1S/C23H24ClN3O4/c1-3-31-22(29)19-20(15-8-6-9-16(24)14-15)27-18-11-5-4-10-17(18)25-23(27)26(21(19)28)12-7-13-30-2/h4-6,8-11,14,19-20H,3,7,12-13H2,1-2H3/t19-,20-/m0/s1. The Kier molecular flexibility index (Phi) is 6.25. The summed E-state index contributed by atoms with van der Waals surface area (Å²) < 4.78 is 12.4. The van der Waals surface area contributed by atoms with Crippen molar-refractivity contribution in [3.8, 4) is 0 Å². The lowest BCUT2D eigenvalue weighted by atomic mass is 9.89. The number of fused-ring (bicyclic) bond motifs is 3. The van der Waals surface area contributed by atoms with Crippen LogP contribution in [0.5, 0.6) is 0 Å². The highest BCUT2D eigenvalue weighted by molar-refractivity contribution is 6.30. The number of benzene rings is 2. The molecule has 3 aromatic rings. The van der Waals surface area contributed by atoms with Gasteiger partial charge in [-0.05, 0) is 43.2 Å². The van der Waals surface area contributed by atoms with Crippen LogP contribution in [0.1, 0.15) is 24.9 Å². The minimum Gasteiger partial charge on any atom is -0.465 e. The van der Waals surface area contributed by atoms with E-state index in [1.807, 2.05) is 41.0 Å². The van der Waals surface area contributed by atoms with Crippen molar-refractivity contribution in [3.63, 3.8) is 0 Å². The molecular weight excluding hydrogens is 418 g/mol. The lowest BCUT2D eigenvalue weighted by Gasteiger charge is -2.38. The summed E-state index contributed by atoms with van der Waals surface area (Å²) in [4.78, 5) is 33.0. The van der Waals surface area contributed by atoms with Gasteiger partial charge in [-0.1, -0.05) is 35.9 Å². The van der Waals surface area contributed by atoms with E-state index in [1.54, 1.807) is 31.1 Å². The maximum Gasteiger partial charge on any atom is 0.321 e. The molecule has 0 radical (unpaired) electrons. The average molecular weight is 442 g/mol. The number of hydrogen-bond donors (Lipinski definition) is 0. The highest BCUT2D eigenvalue weighted by atomic mass is 35.5. The zero-order valence-electron chi connectivity index (χ0n) is 17.5. The van der Waals surface area contributed by atoms with Crippen molar-refractivity contribution >= 4 is 40.5 Å². The minimum atomic E-state index is -1.05. The van der Waals surface area contributed by atoms with Crippen LogP contribution >= 0.6 is 11.6 Å². The second-order valence-electron chi connectivity index (χ2n) is 7.34. The van der Waals surface area contributed by atoms with Crippen molar-refractivity contribution in [3.05, 3.63) is 59.1 Å². The summed E-state index contributed by atoms with van der Waals surface area (Å²) >= 11 is 6.27. The van der Waals surface area contributed by atoms with E-state index >= 15 is 0 Å². The zero-order valence-corrected chi connectivity index (χ0v) is 18.2. The maximum atomic E-state index is 13.6. The van der Waals surface area contributed by atoms with Crippen molar-refractivity contribution in [2.24, 2.45) is 5.92 Å². The maximum absolute atomic E-state index is 13.6. The molecule has 4 rings (SSSR count). The third-order valence-electron chi connectivity index (χ3n) is 5.41. The zero-order chi connectivity index (χ0) is 22.0. The molecule has 1 amide bonds. The Bertz CT molecular complexity index is 1110. The molecule has 0 fully saturated rings. The van der Waals surface area contributed by atoms with Crippen LogP contribution in [0.3, 0.4) is 0 Å². The Balaban J connectivity index is 1.94. The first-order chi connectivity index (χ1) is 15.1. The molecular formula is C23H24ClN3O4. The lowest BCUT2D eigenvalue weighted by Crippen LogP contribution is -2.50. The van der Waals surface area contributed by atoms with Crippen LogP contribution in [0.15, 0.2) is 48.5 Å². The third-order valence-corrected chi connectivity index (χ3v) is 5.64. The normalized spacial score (nSPS) is 18.3. The number of hydrogen-bond acceptors (Lipinski definition) is 5. The number of ether oxygens (including phenoxy) is 2. The average Bonchev–Trinajstić information content (AvgIpc) is 3.14. The molecule has 2 heterocycles. The minimum absolute atomic E-state index is 0.187. The third kappa shape index (κ3) is 3.91. The highest BCUT2D eigenvalue weighted by Gasteiger charge is 2.47. The lowest BCUT2D eigenvalue weighted by molar-refractivity contribution is -0.153. The molecule has 0 saturated carbocycles. The number of imidazole rings is 1. The number of para-hydroxylation sites is 2. The van der Waals surface area contributed by atoms with Gasteiger partial charge < -0.3 is 14.0 Å². The summed E-state index contributed by atoms with van der Waals surface area (Å²) in [7, 11) is 1.61. The number of amides is 1. The summed E-state index contributed by atoms with van der Waals surface area (Å²) in [5.41, 5.74) is 2.33. The van der Waals surface area contributed by atoms with Crippen molar-refractivity contribution in [2.75, 3.05) is 31.8 Å². The fraction of sp³-hybridized carbons (Fsp3) is 0.348. The van der Waals surface area contributed by atoms with E-state index in [9.17, 15) is 9.59 Å². The number of halogens is 1. The van der Waals surface area contributed by atoms with Gasteiger partial charge in [0, 0.05) is 25.3 Å². The fourth-order valence-corrected chi connectivity index (χ4v) is 4.32. The summed E-state index contributed by atoms with van der Waals surface area (Å²) in [5.74, 6) is -1.43. The van der Waals surface area contributed by atoms with Crippen LogP contribution in [0.25, 0.3) is 11.0 Å². The molecule has 162 valence electrons. The summed E-state index contributed by atoms with van der Waals surface area (Å²) in [6.07, 6.45) is 0.614. The second kappa shape index (κ2) is 9.08. The van der Waals surface area contributed by atoms with Gasteiger partial charge >= 0.3 is 5.97 Å². The van der Waals surface area contributed by atoms with Crippen molar-refractivity contribution in [1.82, 2.24) is 9.55 Å². The van der Waals surface area contributed by atoms with Gasteiger partial charge in [0.05, 0.1) is 23.7 Å². The van der Waals surface area contributed by atoms with Gasteiger partial charge in [-0.3, -0.25) is 14.5 Å². The Morgan fingerprint density at radius 2 is 2.00 bits per heavy atom. The number of anilines is 1. The predicted octanol–water partition coefficient (Wildman–Crippen LogP) is 3.84. The Hall–Kier alpha value is -2.90.